The zero-order chi connectivity index (χ0) is 14.0. The first-order valence-electron chi connectivity index (χ1n) is 5.70. The van der Waals surface area contributed by atoms with Crippen LogP contribution in [0.1, 0.15) is 13.8 Å². The van der Waals surface area contributed by atoms with Crippen LogP contribution in [-0.4, -0.2) is 29.3 Å². The molecule has 1 aromatic carbocycles. The van der Waals surface area contributed by atoms with Gasteiger partial charge in [-0.05, 0) is 19.9 Å². The van der Waals surface area contributed by atoms with Gasteiger partial charge in [-0.25, -0.2) is 9.79 Å². The fourth-order valence-corrected chi connectivity index (χ4v) is 1.70. The van der Waals surface area contributed by atoms with Crippen LogP contribution < -0.4 is 4.74 Å². The first-order valence-corrected chi connectivity index (χ1v) is 5.70. The Morgan fingerprint density at radius 2 is 2.32 bits per heavy atom. The molecule has 1 aliphatic rings. The van der Waals surface area contributed by atoms with Crippen LogP contribution >= 0.6 is 0 Å². The molecule has 0 radical (unpaired) electrons. The lowest BCUT2D eigenvalue weighted by Crippen LogP contribution is -2.37. The zero-order valence-electron chi connectivity index (χ0n) is 10.5. The van der Waals surface area contributed by atoms with Gasteiger partial charge in [0.1, 0.15) is 11.4 Å². The Bertz CT molecular complexity index is 567. The van der Waals surface area contributed by atoms with Gasteiger partial charge in [-0.2, -0.15) is 0 Å². The number of hydrogen-bond acceptors (Lipinski definition) is 6. The molecule has 1 atom stereocenters. The molecule has 0 unspecified atom stereocenters. The second kappa shape index (κ2) is 5.05. The molecule has 1 heterocycles. The second-order valence-electron chi connectivity index (χ2n) is 3.91. The van der Waals surface area contributed by atoms with Crippen LogP contribution in [0, 0.1) is 10.1 Å². The third-order valence-corrected chi connectivity index (χ3v) is 2.58. The van der Waals surface area contributed by atoms with Crippen LogP contribution in [0.3, 0.4) is 0 Å². The lowest BCUT2D eigenvalue weighted by atomic mass is 10.1. The average molecular weight is 264 g/mol. The number of nitrogens with zero attached hydrogens (tertiary/aromatic N) is 2. The summed E-state index contributed by atoms with van der Waals surface area (Å²) in [6, 6.07) is 4.03. The van der Waals surface area contributed by atoms with E-state index < -0.39 is 17.0 Å². The summed E-state index contributed by atoms with van der Waals surface area (Å²) in [7, 11) is 0. The van der Waals surface area contributed by atoms with Crippen molar-refractivity contribution in [3.63, 3.8) is 0 Å². The number of rotatable bonds is 3. The Morgan fingerprint density at radius 1 is 1.58 bits per heavy atom. The molecule has 0 aromatic heterocycles. The van der Waals surface area contributed by atoms with Crippen molar-refractivity contribution >= 4 is 23.1 Å². The first kappa shape index (κ1) is 13.0. The zero-order valence-corrected chi connectivity index (χ0v) is 10.5. The van der Waals surface area contributed by atoms with Crippen LogP contribution in [0.15, 0.2) is 23.2 Å². The van der Waals surface area contributed by atoms with E-state index in [1.165, 1.54) is 18.2 Å². The number of non-ortho nitro benzene ring substituents is 1. The highest BCUT2D eigenvalue weighted by Gasteiger charge is 2.30. The van der Waals surface area contributed by atoms with Crippen molar-refractivity contribution in [3.8, 4) is 5.75 Å². The average Bonchev–Trinajstić information content (AvgIpc) is 2.37. The number of aliphatic imine (C=N–C) groups is 1. The normalized spacial score (nSPS) is 16.9. The molecule has 0 N–H and O–H groups in total. The summed E-state index contributed by atoms with van der Waals surface area (Å²) in [4.78, 5) is 26.0. The Kier molecular flexibility index (Phi) is 3.46. The van der Waals surface area contributed by atoms with Crippen LogP contribution in [-0.2, 0) is 9.53 Å². The van der Waals surface area contributed by atoms with E-state index in [-0.39, 0.29) is 12.3 Å². The first-order chi connectivity index (χ1) is 9.02. The van der Waals surface area contributed by atoms with Gasteiger partial charge in [-0.3, -0.25) is 10.1 Å². The maximum Gasteiger partial charge on any atom is 0.353 e. The molecule has 0 amide bonds. The number of esters is 1. The predicted octanol–water partition coefficient (Wildman–Crippen LogP) is 2.01. The van der Waals surface area contributed by atoms with Crippen molar-refractivity contribution < 1.29 is 19.2 Å². The van der Waals surface area contributed by atoms with Crippen LogP contribution in [0.2, 0.25) is 0 Å². The smallest absolute Gasteiger partial charge is 0.353 e. The van der Waals surface area contributed by atoms with Gasteiger partial charge in [0.05, 0.1) is 17.2 Å². The van der Waals surface area contributed by atoms with Gasteiger partial charge in [0, 0.05) is 12.1 Å². The van der Waals surface area contributed by atoms with Crippen molar-refractivity contribution in [2.24, 2.45) is 4.99 Å². The topological polar surface area (TPSA) is 91.0 Å². The standard InChI is InChI=1S/C12H12N2O5/c1-3-18-12(15)11-7(2)13-9-6-8(14(16)17)4-5-10(9)19-11/h4-6,11H,3H2,1-2H3/t11-/m0/s1. The van der Waals surface area contributed by atoms with E-state index >= 15 is 0 Å². The van der Waals surface area contributed by atoms with Gasteiger partial charge in [0.15, 0.2) is 0 Å². The SMILES string of the molecule is CCOC(=O)[C@H]1Oc2ccc([N+](=O)[O-])cc2N=C1C. The largest absolute Gasteiger partial charge is 0.470 e. The molecule has 1 aliphatic heterocycles. The molecule has 100 valence electrons. The van der Waals surface area contributed by atoms with E-state index in [1.54, 1.807) is 13.8 Å². The minimum atomic E-state index is -0.895. The maximum atomic E-state index is 11.7. The van der Waals surface area contributed by atoms with E-state index in [4.69, 9.17) is 9.47 Å². The number of nitro benzene ring substituents is 1. The Morgan fingerprint density at radius 3 is 2.95 bits per heavy atom. The fourth-order valence-electron chi connectivity index (χ4n) is 1.70. The lowest BCUT2D eigenvalue weighted by molar-refractivity contribution is -0.384. The number of fused-ring (bicyclic) bond motifs is 1. The molecule has 0 aliphatic carbocycles. The van der Waals surface area contributed by atoms with Crippen molar-refractivity contribution in [1.29, 1.82) is 0 Å². The molecule has 1 aromatic rings. The third kappa shape index (κ3) is 2.54. The molecule has 19 heavy (non-hydrogen) atoms. The lowest BCUT2D eigenvalue weighted by Gasteiger charge is -2.22. The highest BCUT2D eigenvalue weighted by molar-refractivity contribution is 6.06. The molecule has 0 bridgehead atoms. The Balaban J connectivity index is 2.32. The number of carbonyl (C=O) groups is 1. The van der Waals surface area contributed by atoms with Crippen molar-refractivity contribution in [2.75, 3.05) is 6.61 Å². The predicted molar refractivity (Wildman–Crippen MR) is 66.9 cm³/mol. The maximum absolute atomic E-state index is 11.7. The van der Waals surface area contributed by atoms with E-state index in [9.17, 15) is 14.9 Å². The summed E-state index contributed by atoms with van der Waals surface area (Å²) >= 11 is 0. The van der Waals surface area contributed by atoms with Crippen LogP contribution in [0.4, 0.5) is 11.4 Å². The molecular formula is C12H12N2O5. The summed E-state index contributed by atoms with van der Waals surface area (Å²) in [6.07, 6.45) is -0.895. The van der Waals surface area contributed by atoms with Gasteiger partial charge in [0.2, 0.25) is 6.10 Å². The summed E-state index contributed by atoms with van der Waals surface area (Å²) in [5, 5.41) is 10.7. The minimum absolute atomic E-state index is 0.0755. The molecule has 0 saturated carbocycles. The number of carbonyl (C=O) groups excluding carboxylic acids is 1. The monoisotopic (exact) mass is 264 g/mol. The van der Waals surface area contributed by atoms with Gasteiger partial charge in [0.25, 0.3) is 5.69 Å². The van der Waals surface area contributed by atoms with Crippen LogP contribution in [0.5, 0.6) is 5.75 Å². The summed E-state index contributed by atoms with van der Waals surface area (Å²) in [6.45, 7) is 3.56. The number of ether oxygens (including phenoxy) is 2. The number of hydrogen-bond donors (Lipinski definition) is 0. The van der Waals surface area contributed by atoms with Crippen molar-refractivity contribution in [3.05, 3.63) is 28.3 Å². The third-order valence-electron chi connectivity index (χ3n) is 2.58. The minimum Gasteiger partial charge on any atom is -0.470 e. The molecule has 0 fully saturated rings. The van der Waals surface area contributed by atoms with Gasteiger partial charge < -0.3 is 9.47 Å². The van der Waals surface area contributed by atoms with E-state index in [0.29, 0.717) is 17.1 Å². The van der Waals surface area contributed by atoms with E-state index in [2.05, 4.69) is 4.99 Å². The highest BCUT2D eigenvalue weighted by Crippen LogP contribution is 2.35. The summed E-state index contributed by atoms with van der Waals surface area (Å²) < 4.78 is 10.3. The quantitative estimate of drug-likeness (QED) is 0.473. The van der Waals surface area contributed by atoms with Gasteiger partial charge in [-0.15, -0.1) is 0 Å². The fraction of sp³-hybridized carbons (Fsp3) is 0.333. The molecule has 0 spiro atoms. The van der Waals surface area contributed by atoms with Crippen molar-refractivity contribution in [1.82, 2.24) is 0 Å². The molecule has 2 rings (SSSR count). The van der Waals surface area contributed by atoms with Crippen LogP contribution in [0.25, 0.3) is 0 Å². The highest BCUT2D eigenvalue weighted by atomic mass is 16.6. The van der Waals surface area contributed by atoms with E-state index in [0.717, 1.165) is 0 Å². The second-order valence-corrected chi connectivity index (χ2v) is 3.91. The molecular weight excluding hydrogens is 252 g/mol. The number of benzene rings is 1. The Labute approximate surface area is 109 Å². The van der Waals surface area contributed by atoms with Crippen molar-refractivity contribution in [2.45, 2.75) is 20.0 Å². The summed E-state index contributed by atoms with van der Waals surface area (Å²) in [5.41, 5.74) is 0.673. The van der Waals surface area contributed by atoms with Gasteiger partial charge in [-0.1, -0.05) is 0 Å². The molecule has 7 heteroatoms. The van der Waals surface area contributed by atoms with E-state index in [1.807, 2.05) is 0 Å². The summed E-state index contributed by atoms with van der Waals surface area (Å²) in [5.74, 6) is -0.193. The molecule has 0 saturated heterocycles. The Hall–Kier alpha value is -2.44. The van der Waals surface area contributed by atoms with Gasteiger partial charge >= 0.3 is 5.97 Å². The molecule has 7 nitrogen and oxygen atoms in total. The number of nitro groups is 1.